The minimum atomic E-state index is -0.228. The molecule has 0 fully saturated rings. The monoisotopic (exact) mass is 311 g/mol. The Labute approximate surface area is 131 Å². The second-order valence-electron chi connectivity index (χ2n) is 4.43. The summed E-state index contributed by atoms with van der Waals surface area (Å²) in [5.41, 5.74) is 2.16. The number of pyridine rings is 1. The zero-order valence-corrected chi connectivity index (χ0v) is 12.6. The van der Waals surface area contributed by atoms with Crippen molar-refractivity contribution in [3.05, 3.63) is 59.7 Å². The van der Waals surface area contributed by atoms with Crippen molar-refractivity contribution in [2.75, 3.05) is 12.4 Å². The Balaban J connectivity index is 1.81. The fourth-order valence-electron chi connectivity index (χ4n) is 1.98. The number of anilines is 1. The Morgan fingerprint density at radius 3 is 2.86 bits per heavy atom. The van der Waals surface area contributed by atoms with Gasteiger partial charge in [0.25, 0.3) is 5.91 Å². The van der Waals surface area contributed by atoms with Gasteiger partial charge in [-0.2, -0.15) is 0 Å². The number of rotatable bonds is 4. The van der Waals surface area contributed by atoms with E-state index in [1.807, 2.05) is 29.6 Å². The zero-order chi connectivity index (χ0) is 15.4. The van der Waals surface area contributed by atoms with Gasteiger partial charge in [-0.25, -0.2) is 4.98 Å². The van der Waals surface area contributed by atoms with E-state index in [1.165, 1.54) is 17.5 Å². The molecule has 6 heteroatoms. The van der Waals surface area contributed by atoms with Crippen molar-refractivity contribution < 1.29 is 9.53 Å². The molecule has 0 aliphatic rings. The van der Waals surface area contributed by atoms with Gasteiger partial charge in [-0.1, -0.05) is 12.1 Å². The summed E-state index contributed by atoms with van der Waals surface area (Å²) in [6.07, 6.45) is 3.14. The average molecular weight is 311 g/mol. The summed E-state index contributed by atoms with van der Waals surface area (Å²) in [4.78, 5) is 20.4. The van der Waals surface area contributed by atoms with Crippen molar-refractivity contribution in [3.63, 3.8) is 0 Å². The number of hydrogen-bond acceptors (Lipinski definition) is 5. The molecule has 0 unspecified atom stereocenters. The number of hydrogen-bond donors (Lipinski definition) is 1. The van der Waals surface area contributed by atoms with Gasteiger partial charge in [-0.3, -0.25) is 15.1 Å². The Kier molecular flexibility index (Phi) is 4.11. The minimum absolute atomic E-state index is 0.228. The molecule has 0 saturated heterocycles. The molecule has 1 amide bonds. The predicted octanol–water partition coefficient (Wildman–Crippen LogP) is 3.47. The van der Waals surface area contributed by atoms with Crippen LogP contribution in [0.15, 0.2) is 54.2 Å². The summed E-state index contributed by atoms with van der Waals surface area (Å²) < 4.78 is 5.33. The maximum atomic E-state index is 12.1. The van der Waals surface area contributed by atoms with Gasteiger partial charge in [-0.15, -0.1) is 11.3 Å². The maximum Gasteiger partial charge on any atom is 0.259 e. The number of aromatic nitrogens is 2. The van der Waals surface area contributed by atoms with Crippen LogP contribution in [0.2, 0.25) is 0 Å². The van der Waals surface area contributed by atoms with E-state index in [0.29, 0.717) is 10.7 Å². The highest BCUT2D eigenvalue weighted by Crippen LogP contribution is 2.31. The van der Waals surface area contributed by atoms with Crippen LogP contribution in [0.25, 0.3) is 11.3 Å². The van der Waals surface area contributed by atoms with Gasteiger partial charge in [0.2, 0.25) is 0 Å². The number of methoxy groups -OCH3 is 1. The Morgan fingerprint density at radius 2 is 2.09 bits per heavy atom. The van der Waals surface area contributed by atoms with E-state index in [9.17, 15) is 4.79 Å². The molecule has 22 heavy (non-hydrogen) atoms. The average Bonchev–Trinajstić information content (AvgIpc) is 3.04. The van der Waals surface area contributed by atoms with Gasteiger partial charge in [-0.05, 0) is 24.3 Å². The Hall–Kier alpha value is -2.73. The summed E-state index contributed by atoms with van der Waals surface area (Å²) in [6.45, 7) is 0. The van der Waals surface area contributed by atoms with Crippen LogP contribution in [-0.4, -0.2) is 23.0 Å². The molecule has 1 aromatic carbocycles. The molecule has 110 valence electrons. The van der Waals surface area contributed by atoms with Gasteiger partial charge in [0.1, 0.15) is 5.75 Å². The molecule has 2 heterocycles. The third kappa shape index (κ3) is 2.96. The molecular formula is C16H13N3O2S. The number of carbonyl (C=O) groups is 1. The summed E-state index contributed by atoms with van der Waals surface area (Å²) in [5.74, 6) is 0.520. The first kappa shape index (κ1) is 14.2. The highest BCUT2D eigenvalue weighted by molar-refractivity contribution is 7.14. The van der Waals surface area contributed by atoms with Crippen LogP contribution in [0.4, 0.5) is 5.13 Å². The van der Waals surface area contributed by atoms with E-state index in [4.69, 9.17) is 4.74 Å². The van der Waals surface area contributed by atoms with Crippen molar-refractivity contribution in [2.45, 2.75) is 0 Å². The number of ether oxygens (including phenoxy) is 1. The number of nitrogens with zero attached hydrogens (tertiary/aromatic N) is 2. The Bertz CT molecular complexity index is 787. The summed E-state index contributed by atoms with van der Waals surface area (Å²) >= 11 is 1.37. The lowest BCUT2D eigenvalue weighted by Gasteiger charge is -2.05. The number of para-hydroxylation sites is 1. The summed E-state index contributed by atoms with van der Waals surface area (Å²) in [7, 11) is 1.62. The van der Waals surface area contributed by atoms with E-state index in [1.54, 1.807) is 25.4 Å². The molecule has 5 nitrogen and oxygen atoms in total. The number of thiazole rings is 1. The van der Waals surface area contributed by atoms with Gasteiger partial charge in [0.15, 0.2) is 5.13 Å². The molecule has 0 atom stereocenters. The number of nitrogens with one attached hydrogen (secondary N) is 1. The lowest BCUT2D eigenvalue weighted by molar-refractivity contribution is 0.102. The summed E-state index contributed by atoms with van der Waals surface area (Å²) in [5, 5.41) is 5.20. The molecule has 0 spiro atoms. The molecule has 0 aliphatic heterocycles. The van der Waals surface area contributed by atoms with Crippen LogP contribution in [0.5, 0.6) is 5.75 Å². The number of benzene rings is 1. The molecule has 3 rings (SSSR count). The maximum absolute atomic E-state index is 12.1. The number of carbonyl (C=O) groups excluding carboxylic acids is 1. The molecule has 0 radical (unpaired) electrons. The van der Waals surface area contributed by atoms with E-state index in [0.717, 1.165) is 17.0 Å². The normalized spacial score (nSPS) is 10.2. The quantitative estimate of drug-likeness (QED) is 0.801. The lowest BCUT2D eigenvalue weighted by atomic mass is 10.1. The van der Waals surface area contributed by atoms with Crippen LogP contribution in [-0.2, 0) is 0 Å². The van der Waals surface area contributed by atoms with Crippen molar-refractivity contribution >= 4 is 22.4 Å². The van der Waals surface area contributed by atoms with E-state index in [2.05, 4.69) is 15.3 Å². The molecule has 2 aromatic heterocycles. The van der Waals surface area contributed by atoms with Crippen LogP contribution in [0.1, 0.15) is 10.4 Å². The highest BCUT2D eigenvalue weighted by Gasteiger charge is 2.12. The predicted molar refractivity (Wildman–Crippen MR) is 86.3 cm³/mol. The molecular weight excluding hydrogens is 298 g/mol. The first-order valence-electron chi connectivity index (χ1n) is 6.58. The standard InChI is InChI=1S/C16H13N3O2S/c1-21-14-7-3-2-6-12(14)13-10-22-16(18-13)19-15(20)11-5-4-8-17-9-11/h2-10H,1H3,(H,18,19,20). The van der Waals surface area contributed by atoms with Gasteiger partial charge in [0.05, 0.1) is 18.4 Å². The fraction of sp³-hybridized carbons (Fsp3) is 0.0625. The lowest BCUT2D eigenvalue weighted by Crippen LogP contribution is -2.11. The van der Waals surface area contributed by atoms with E-state index < -0.39 is 0 Å². The van der Waals surface area contributed by atoms with E-state index >= 15 is 0 Å². The first-order chi connectivity index (χ1) is 10.8. The van der Waals surface area contributed by atoms with Crippen molar-refractivity contribution in [2.24, 2.45) is 0 Å². The Morgan fingerprint density at radius 1 is 1.23 bits per heavy atom. The van der Waals surface area contributed by atoms with Gasteiger partial charge >= 0.3 is 0 Å². The highest BCUT2D eigenvalue weighted by atomic mass is 32.1. The molecule has 1 N–H and O–H groups in total. The fourth-order valence-corrected chi connectivity index (χ4v) is 2.68. The smallest absolute Gasteiger partial charge is 0.259 e. The molecule has 3 aromatic rings. The molecule has 0 bridgehead atoms. The minimum Gasteiger partial charge on any atom is -0.496 e. The van der Waals surface area contributed by atoms with Crippen molar-refractivity contribution in [1.82, 2.24) is 9.97 Å². The topological polar surface area (TPSA) is 64.1 Å². The third-order valence-electron chi connectivity index (χ3n) is 3.03. The SMILES string of the molecule is COc1ccccc1-c1csc(NC(=O)c2cccnc2)n1. The zero-order valence-electron chi connectivity index (χ0n) is 11.8. The largest absolute Gasteiger partial charge is 0.496 e. The second kappa shape index (κ2) is 6.36. The van der Waals surface area contributed by atoms with Crippen molar-refractivity contribution in [3.8, 4) is 17.0 Å². The molecule has 0 saturated carbocycles. The first-order valence-corrected chi connectivity index (χ1v) is 7.46. The third-order valence-corrected chi connectivity index (χ3v) is 3.79. The number of amides is 1. The van der Waals surface area contributed by atoms with Gasteiger partial charge in [0, 0.05) is 23.3 Å². The summed E-state index contributed by atoms with van der Waals surface area (Å²) in [6, 6.07) is 11.1. The van der Waals surface area contributed by atoms with Crippen LogP contribution in [0, 0.1) is 0 Å². The van der Waals surface area contributed by atoms with Crippen LogP contribution in [0.3, 0.4) is 0 Å². The van der Waals surface area contributed by atoms with Crippen molar-refractivity contribution in [1.29, 1.82) is 0 Å². The van der Waals surface area contributed by atoms with E-state index in [-0.39, 0.29) is 5.91 Å². The van der Waals surface area contributed by atoms with Gasteiger partial charge < -0.3 is 4.74 Å². The van der Waals surface area contributed by atoms with Crippen LogP contribution < -0.4 is 10.1 Å². The molecule has 0 aliphatic carbocycles. The van der Waals surface area contributed by atoms with Crippen LogP contribution >= 0.6 is 11.3 Å². The second-order valence-corrected chi connectivity index (χ2v) is 5.29.